The fraction of sp³-hybridized carbons (Fsp3) is 0.143. The van der Waals surface area contributed by atoms with E-state index in [1.54, 1.807) is 0 Å². The first-order chi connectivity index (χ1) is 11.0. The van der Waals surface area contributed by atoms with Gasteiger partial charge in [-0.1, -0.05) is 41.4 Å². The Labute approximate surface area is 145 Å². The van der Waals surface area contributed by atoms with Gasteiger partial charge in [0.05, 0.1) is 10.6 Å². The fourth-order valence-electron chi connectivity index (χ4n) is 1.86. The summed E-state index contributed by atoms with van der Waals surface area (Å²) in [4.78, 5) is -0.563. The standard InChI is InChI=1S/C14H10Cl2F3NO3S/c15-10-5-11(16)13(21)12(6-10)24(22,23)20-7-8-2-1-3-9(4-8)14(17,18)19/h1-6,20-21H,7H2. The van der Waals surface area contributed by atoms with Gasteiger partial charge in [0.2, 0.25) is 10.0 Å². The van der Waals surface area contributed by atoms with Crippen molar-refractivity contribution in [2.75, 3.05) is 0 Å². The molecule has 2 N–H and O–H groups in total. The van der Waals surface area contributed by atoms with Crippen molar-refractivity contribution in [2.45, 2.75) is 17.6 Å². The average Bonchev–Trinajstić information content (AvgIpc) is 2.48. The predicted molar refractivity (Wildman–Crippen MR) is 83.6 cm³/mol. The molecule has 0 aromatic heterocycles. The maximum Gasteiger partial charge on any atom is 0.416 e. The Morgan fingerprint density at radius 2 is 1.79 bits per heavy atom. The summed E-state index contributed by atoms with van der Waals surface area (Å²) in [6, 6.07) is 6.35. The Bertz CT molecular complexity index is 870. The third-order valence-corrected chi connectivity index (χ3v) is 4.92. The molecule has 0 spiro atoms. The maximum absolute atomic E-state index is 12.6. The molecule has 0 fully saturated rings. The minimum Gasteiger partial charge on any atom is -0.505 e. The van der Waals surface area contributed by atoms with Crippen LogP contribution >= 0.6 is 23.2 Å². The van der Waals surface area contributed by atoms with Crippen LogP contribution in [0.1, 0.15) is 11.1 Å². The van der Waals surface area contributed by atoms with Crippen molar-refractivity contribution < 1.29 is 26.7 Å². The van der Waals surface area contributed by atoms with Crippen LogP contribution < -0.4 is 4.72 Å². The molecule has 0 saturated heterocycles. The molecule has 2 aromatic rings. The second-order valence-electron chi connectivity index (χ2n) is 4.76. The van der Waals surface area contributed by atoms with Crippen LogP contribution in [0.3, 0.4) is 0 Å². The van der Waals surface area contributed by atoms with E-state index in [4.69, 9.17) is 23.2 Å². The normalized spacial score (nSPS) is 12.4. The van der Waals surface area contributed by atoms with Gasteiger partial charge in [0.15, 0.2) is 5.75 Å². The molecular formula is C14H10Cl2F3NO3S. The molecule has 0 heterocycles. The van der Waals surface area contributed by atoms with Gasteiger partial charge in [-0.25, -0.2) is 13.1 Å². The molecule has 0 radical (unpaired) electrons. The molecule has 0 aliphatic heterocycles. The molecule has 0 amide bonds. The van der Waals surface area contributed by atoms with Crippen LogP contribution in [0.4, 0.5) is 13.2 Å². The van der Waals surface area contributed by atoms with Crippen molar-refractivity contribution in [3.63, 3.8) is 0 Å². The molecule has 0 atom stereocenters. The van der Waals surface area contributed by atoms with Gasteiger partial charge >= 0.3 is 6.18 Å². The number of nitrogens with one attached hydrogen (secondary N) is 1. The number of hydrogen-bond acceptors (Lipinski definition) is 3. The largest absolute Gasteiger partial charge is 0.505 e. The smallest absolute Gasteiger partial charge is 0.416 e. The lowest BCUT2D eigenvalue weighted by atomic mass is 10.1. The fourth-order valence-corrected chi connectivity index (χ4v) is 3.63. The van der Waals surface area contributed by atoms with Crippen LogP contribution in [-0.4, -0.2) is 13.5 Å². The van der Waals surface area contributed by atoms with Gasteiger partial charge in [0.25, 0.3) is 0 Å². The highest BCUT2D eigenvalue weighted by Gasteiger charge is 2.30. The summed E-state index contributed by atoms with van der Waals surface area (Å²) in [5.74, 6) is -0.697. The van der Waals surface area contributed by atoms with Gasteiger partial charge in [-0.15, -0.1) is 0 Å². The zero-order valence-corrected chi connectivity index (χ0v) is 14.1. The van der Waals surface area contributed by atoms with Gasteiger partial charge in [-0.3, -0.25) is 0 Å². The summed E-state index contributed by atoms with van der Waals surface area (Å²) in [6.45, 7) is -0.407. The number of aromatic hydroxyl groups is 1. The Hall–Kier alpha value is -1.48. The van der Waals surface area contributed by atoms with Crippen LogP contribution in [0.5, 0.6) is 5.75 Å². The molecule has 2 rings (SSSR count). The van der Waals surface area contributed by atoms with Crippen LogP contribution in [0.15, 0.2) is 41.3 Å². The molecule has 2 aromatic carbocycles. The molecular weight excluding hydrogens is 390 g/mol. The lowest BCUT2D eigenvalue weighted by Crippen LogP contribution is -2.23. The summed E-state index contributed by atoms with van der Waals surface area (Å²) in [5.41, 5.74) is -0.797. The van der Waals surface area contributed by atoms with Gasteiger partial charge in [-0.2, -0.15) is 13.2 Å². The van der Waals surface area contributed by atoms with Crippen molar-refractivity contribution in [3.05, 3.63) is 57.6 Å². The third kappa shape index (κ3) is 4.32. The number of hydrogen-bond donors (Lipinski definition) is 2. The number of sulfonamides is 1. The predicted octanol–water partition coefficient (Wildman–Crippen LogP) is 4.20. The highest BCUT2D eigenvalue weighted by atomic mass is 35.5. The summed E-state index contributed by atoms with van der Waals surface area (Å²) in [7, 11) is -4.23. The van der Waals surface area contributed by atoms with E-state index in [1.807, 2.05) is 0 Å². The number of alkyl halides is 3. The number of phenols is 1. The van der Waals surface area contributed by atoms with E-state index in [0.717, 1.165) is 24.3 Å². The van der Waals surface area contributed by atoms with E-state index in [2.05, 4.69) is 4.72 Å². The van der Waals surface area contributed by atoms with E-state index in [9.17, 15) is 26.7 Å². The van der Waals surface area contributed by atoms with E-state index in [1.165, 1.54) is 12.1 Å². The van der Waals surface area contributed by atoms with Gasteiger partial charge in [-0.05, 0) is 23.8 Å². The van der Waals surface area contributed by atoms with E-state index in [0.29, 0.717) is 0 Å². The van der Waals surface area contributed by atoms with Gasteiger partial charge in [0.1, 0.15) is 4.90 Å². The Morgan fingerprint density at radius 1 is 1.12 bits per heavy atom. The minimum absolute atomic E-state index is 0.0164. The molecule has 0 aliphatic carbocycles. The minimum atomic E-state index is -4.53. The van der Waals surface area contributed by atoms with Crippen molar-refractivity contribution in [1.29, 1.82) is 0 Å². The average molecular weight is 400 g/mol. The lowest BCUT2D eigenvalue weighted by molar-refractivity contribution is -0.137. The Morgan fingerprint density at radius 3 is 2.42 bits per heavy atom. The second-order valence-corrected chi connectivity index (χ2v) is 7.34. The first-order valence-electron chi connectivity index (χ1n) is 6.34. The Balaban J connectivity index is 2.26. The lowest BCUT2D eigenvalue weighted by Gasteiger charge is -2.11. The number of phenolic OH excluding ortho intramolecular Hbond substituents is 1. The summed E-state index contributed by atoms with van der Waals surface area (Å²) < 4.78 is 64.4. The maximum atomic E-state index is 12.6. The first-order valence-corrected chi connectivity index (χ1v) is 8.58. The summed E-state index contributed by atoms with van der Waals surface area (Å²) in [5, 5.41) is 9.47. The van der Waals surface area contributed by atoms with Crippen molar-refractivity contribution in [1.82, 2.24) is 4.72 Å². The van der Waals surface area contributed by atoms with Crippen LogP contribution in [0.2, 0.25) is 10.0 Å². The summed E-state index contributed by atoms with van der Waals surface area (Å²) >= 11 is 11.4. The first kappa shape index (κ1) is 18.9. The third-order valence-electron chi connectivity index (χ3n) is 3.00. The van der Waals surface area contributed by atoms with Gasteiger partial charge < -0.3 is 5.11 Å². The van der Waals surface area contributed by atoms with Crippen molar-refractivity contribution in [2.24, 2.45) is 0 Å². The molecule has 0 saturated carbocycles. The van der Waals surface area contributed by atoms with Gasteiger partial charge in [0, 0.05) is 11.6 Å². The SMILES string of the molecule is O=S(=O)(NCc1cccc(C(F)(F)F)c1)c1cc(Cl)cc(Cl)c1O. The molecule has 0 unspecified atom stereocenters. The molecule has 130 valence electrons. The van der Waals surface area contributed by atoms with E-state index in [-0.39, 0.29) is 15.6 Å². The van der Waals surface area contributed by atoms with E-state index < -0.39 is 39.0 Å². The number of halogens is 5. The zero-order chi connectivity index (χ0) is 18.1. The topological polar surface area (TPSA) is 66.4 Å². The Kier molecular flexibility index (Phi) is 5.34. The van der Waals surface area contributed by atoms with Crippen LogP contribution in [0.25, 0.3) is 0 Å². The molecule has 0 aliphatic rings. The highest BCUT2D eigenvalue weighted by molar-refractivity contribution is 7.89. The summed E-state index contributed by atoms with van der Waals surface area (Å²) in [6.07, 6.45) is -4.53. The molecule has 24 heavy (non-hydrogen) atoms. The molecule has 10 heteroatoms. The zero-order valence-electron chi connectivity index (χ0n) is 11.7. The van der Waals surface area contributed by atoms with Crippen molar-refractivity contribution in [3.8, 4) is 5.75 Å². The van der Waals surface area contributed by atoms with Crippen molar-refractivity contribution >= 4 is 33.2 Å². The monoisotopic (exact) mass is 399 g/mol. The van der Waals surface area contributed by atoms with Crippen LogP contribution in [0, 0.1) is 0 Å². The molecule has 4 nitrogen and oxygen atoms in total. The molecule has 0 bridgehead atoms. The van der Waals surface area contributed by atoms with E-state index >= 15 is 0 Å². The second kappa shape index (κ2) is 6.79. The quantitative estimate of drug-likeness (QED) is 0.809. The number of benzene rings is 2. The number of rotatable bonds is 4. The van der Waals surface area contributed by atoms with Crippen LogP contribution in [-0.2, 0) is 22.7 Å². The highest BCUT2D eigenvalue weighted by Crippen LogP contribution is 2.34.